The lowest BCUT2D eigenvalue weighted by Gasteiger charge is -2.29. The van der Waals surface area contributed by atoms with Crippen LogP contribution in [0.2, 0.25) is 0 Å². The van der Waals surface area contributed by atoms with Crippen molar-refractivity contribution in [1.82, 2.24) is 9.97 Å². The van der Waals surface area contributed by atoms with Gasteiger partial charge in [-0.1, -0.05) is 24.3 Å². The van der Waals surface area contributed by atoms with Gasteiger partial charge in [-0.25, -0.2) is 0 Å². The van der Waals surface area contributed by atoms with E-state index < -0.39 is 47.0 Å². The molecule has 9 aromatic rings. The first-order chi connectivity index (χ1) is 38.9. The van der Waals surface area contributed by atoms with Crippen molar-refractivity contribution in [2.24, 2.45) is 0 Å². The van der Waals surface area contributed by atoms with Crippen LogP contribution in [0.3, 0.4) is 0 Å². The molecule has 6 nitrogen and oxygen atoms in total. The van der Waals surface area contributed by atoms with Crippen LogP contribution in [0.15, 0.2) is 195 Å². The Hall–Kier alpha value is -8.80. The van der Waals surface area contributed by atoms with Gasteiger partial charge in [0.25, 0.3) is 0 Å². The second kappa shape index (κ2) is 23.4. The number of halogens is 12. The van der Waals surface area contributed by atoms with Gasteiger partial charge in [-0.05, 0) is 218 Å². The topological polar surface area (TPSA) is 38.7 Å². The summed E-state index contributed by atoms with van der Waals surface area (Å²) in [5.41, 5.74) is -0.243. The molecule has 7 aromatic carbocycles. The molecule has 0 atom stereocenters. The van der Waals surface area contributed by atoms with Gasteiger partial charge in [0.2, 0.25) is 0 Å². The van der Waals surface area contributed by atoms with Crippen LogP contribution >= 0.6 is 0 Å². The quantitative estimate of drug-likeness (QED) is 0.0898. The molecule has 82 heavy (non-hydrogen) atoms. The van der Waals surface area contributed by atoms with Crippen molar-refractivity contribution >= 4 is 45.5 Å². The van der Waals surface area contributed by atoms with Gasteiger partial charge in [-0.2, -0.15) is 52.7 Å². The third-order valence-corrected chi connectivity index (χ3v) is 14.0. The summed E-state index contributed by atoms with van der Waals surface area (Å²) in [6.07, 6.45) is -14.4. The molecule has 2 heterocycles. The Morgan fingerprint density at radius 3 is 0.805 bits per heavy atom. The summed E-state index contributed by atoms with van der Waals surface area (Å²) < 4.78 is 173. The molecule has 0 spiro atoms. The molecule has 2 aromatic heterocycles. The summed E-state index contributed by atoms with van der Waals surface area (Å²) in [5.74, 6) is 0. The summed E-state index contributed by atoms with van der Waals surface area (Å²) in [7, 11) is 0. The van der Waals surface area contributed by atoms with Crippen LogP contribution in [0, 0.1) is 0 Å². The van der Waals surface area contributed by atoms with E-state index in [1.54, 1.807) is 70.5 Å². The Labute approximate surface area is 466 Å². The third-order valence-electron chi connectivity index (χ3n) is 14.0. The van der Waals surface area contributed by atoms with E-state index in [2.05, 4.69) is 19.8 Å². The minimum Gasteiger partial charge on any atom is -0.372 e. The molecule has 9 rings (SSSR count). The van der Waals surface area contributed by atoms with Gasteiger partial charge in [0.15, 0.2) is 0 Å². The molecule has 0 saturated carbocycles. The Kier molecular flexibility index (Phi) is 16.5. The molecule has 0 aliphatic carbocycles. The van der Waals surface area contributed by atoms with Crippen LogP contribution in [0.25, 0.3) is 44.5 Å². The number of rotatable bonds is 16. The van der Waals surface area contributed by atoms with Gasteiger partial charge < -0.3 is 19.6 Å². The first-order valence-corrected chi connectivity index (χ1v) is 26.1. The smallest absolute Gasteiger partial charge is 0.372 e. The Bertz CT molecular complexity index is 3330. The van der Waals surface area contributed by atoms with Crippen molar-refractivity contribution in [1.29, 1.82) is 0 Å². The summed E-state index contributed by atoms with van der Waals surface area (Å²) in [5, 5.41) is 0. The second-order valence-electron chi connectivity index (χ2n) is 19.2. The minimum absolute atomic E-state index is 0.0340. The zero-order valence-corrected chi connectivity index (χ0v) is 44.5. The van der Waals surface area contributed by atoms with E-state index >= 15 is 0 Å². The molecule has 0 N–H and O–H groups in total. The number of benzene rings is 7. The van der Waals surface area contributed by atoms with Crippen molar-refractivity contribution in [3.05, 3.63) is 217 Å². The molecule has 0 bridgehead atoms. The normalized spacial score (nSPS) is 12.1. The number of hydrogen-bond acceptors (Lipinski definition) is 6. The number of aromatic nitrogens is 2. The molecular formula is C64H52F12N6. The molecule has 0 aliphatic heterocycles. The van der Waals surface area contributed by atoms with Crippen LogP contribution in [0.4, 0.5) is 98.2 Å². The van der Waals surface area contributed by atoms with E-state index in [0.717, 1.165) is 11.4 Å². The van der Waals surface area contributed by atoms with Crippen LogP contribution in [-0.4, -0.2) is 36.1 Å². The third kappa shape index (κ3) is 12.9. The van der Waals surface area contributed by atoms with Crippen molar-refractivity contribution in [3.8, 4) is 44.5 Å². The fourth-order valence-corrected chi connectivity index (χ4v) is 9.91. The first kappa shape index (κ1) is 57.9. The molecule has 422 valence electrons. The SMILES string of the molecule is CCN(CC)c1ccc(-c2cc(-c3cc(C(F)(F)F)cc(C(F)(F)F)c3)cc(N(c3ccc(N(c4cccnc4)c4cc(-c5ccc(N(CC)CC)cc5)cc(-c5cc(C(F)(F)F)cc(C(F)(F)F)c5)c4)cc3)c3cccnc3)c2)cc1. The highest BCUT2D eigenvalue weighted by atomic mass is 19.4. The van der Waals surface area contributed by atoms with E-state index in [4.69, 9.17) is 0 Å². The lowest BCUT2D eigenvalue weighted by atomic mass is 9.94. The molecule has 0 amide bonds. The van der Waals surface area contributed by atoms with E-state index in [9.17, 15) is 52.7 Å². The van der Waals surface area contributed by atoms with Crippen LogP contribution in [0.1, 0.15) is 49.9 Å². The number of pyridine rings is 2. The monoisotopic (exact) mass is 1130 g/mol. The molecule has 0 radical (unpaired) electrons. The zero-order chi connectivity index (χ0) is 58.7. The van der Waals surface area contributed by atoms with Crippen molar-refractivity contribution < 1.29 is 52.7 Å². The van der Waals surface area contributed by atoms with Crippen molar-refractivity contribution in [3.63, 3.8) is 0 Å². The van der Waals surface area contributed by atoms with Crippen molar-refractivity contribution in [2.45, 2.75) is 52.4 Å². The van der Waals surface area contributed by atoms with Gasteiger partial charge in [0, 0.05) is 72.7 Å². The number of alkyl halides is 12. The van der Waals surface area contributed by atoms with Gasteiger partial charge in [0.1, 0.15) is 0 Å². The van der Waals surface area contributed by atoms with E-state index in [0.29, 0.717) is 107 Å². The van der Waals surface area contributed by atoms with Gasteiger partial charge in [-0.3, -0.25) is 9.97 Å². The standard InChI is InChI=1S/C64H52F12N6/c1-5-79(6-2)53-17-13-41(14-18-53)43-27-45(47-29-49(61(65,66)67)37-50(30-47)62(68,69)70)35-59(33-43)81(57-11-9-25-77-39-57)55-21-23-56(24-22-55)82(58-12-10-26-78-40-58)60-34-44(42-15-19-54(20-16-42)80(7-3)8-4)28-46(36-60)48-31-51(63(71,72)73)38-52(32-48)64(74,75)76/h9-40H,5-8H2,1-4H3. The molecule has 0 saturated heterocycles. The van der Waals surface area contributed by atoms with E-state index in [1.165, 1.54) is 49.1 Å². The predicted molar refractivity (Wildman–Crippen MR) is 300 cm³/mol. The average molecular weight is 1130 g/mol. The number of anilines is 8. The molecule has 0 fully saturated rings. The molecule has 0 aliphatic rings. The average Bonchev–Trinajstić information content (AvgIpc) is 3.17. The van der Waals surface area contributed by atoms with Crippen molar-refractivity contribution in [2.75, 3.05) is 45.8 Å². The highest BCUT2D eigenvalue weighted by Gasteiger charge is 2.39. The van der Waals surface area contributed by atoms with Gasteiger partial charge in [0.05, 0.1) is 46.0 Å². The highest BCUT2D eigenvalue weighted by molar-refractivity contribution is 5.88. The van der Waals surface area contributed by atoms with Crippen LogP contribution < -0.4 is 19.6 Å². The maximum Gasteiger partial charge on any atom is 0.416 e. The largest absolute Gasteiger partial charge is 0.416 e. The predicted octanol–water partition coefficient (Wildman–Crippen LogP) is 19.9. The van der Waals surface area contributed by atoms with E-state index in [1.807, 2.05) is 76.2 Å². The molecule has 0 unspecified atom stereocenters. The first-order valence-electron chi connectivity index (χ1n) is 26.1. The Balaban J connectivity index is 1.24. The Morgan fingerprint density at radius 2 is 0.549 bits per heavy atom. The molecular weight excluding hydrogens is 1080 g/mol. The fraction of sp³-hybridized carbons (Fsp3) is 0.188. The van der Waals surface area contributed by atoms with Crippen LogP contribution in [-0.2, 0) is 24.7 Å². The summed E-state index contributed by atoms with van der Waals surface area (Å²) in [6.45, 7) is 10.8. The van der Waals surface area contributed by atoms with Crippen LogP contribution in [0.5, 0.6) is 0 Å². The maximum atomic E-state index is 14.4. The fourth-order valence-electron chi connectivity index (χ4n) is 9.91. The Morgan fingerprint density at radius 1 is 0.280 bits per heavy atom. The number of hydrogen-bond donors (Lipinski definition) is 0. The lowest BCUT2D eigenvalue weighted by Crippen LogP contribution is -2.21. The van der Waals surface area contributed by atoms with Gasteiger partial charge in [-0.15, -0.1) is 0 Å². The summed E-state index contributed by atoms with van der Waals surface area (Å²) >= 11 is 0. The lowest BCUT2D eigenvalue weighted by molar-refractivity contribution is -0.144. The molecule has 18 heteroatoms. The zero-order valence-electron chi connectivity index (χ0n) is 44.5. The number of nitrogens with zero attached hydrogens (tertiary/aromatic N) is 6. The minimum atomic E-state index is -5.13. The van der Waals surface area contributed by atoms with E-state index in [-0.39, 0.29) is 34.4 Å². The maximum absolute atomic E-state index is 14.4. The summed E-state index contributed by atoms with van der Waals surface area (Å²) in [6, 6.07) is 40.9. The van der Waals surface area contributed by atoms with Gasteiger partial charge >= 0.3 is 24.7 Å². The highest BCUT2D eigenvalue weighted by Crippen LogP contribution is 2.47. The summed E-state index contributed by atoms with van der Waals surface area (Å²) in [4.78, 5) is 16.4. The second-order valence-corrected chi connectivity index (χ2v) is 19.2.